The van der Waals surface area contributed by atoms with Crippen molar-refractivity contribution in [2.24, 2.45) is 49.1 Å². The maximum atomic E-state index is 12.6. The Balaban J connectivity index is 0.000000300. The van der Waals surface area contributed by atoms with Gasteiger partial charge in [0.25, 0.3) is 0 Å². The number of nitrogens with two attached hydrogens (primary N) is 2. The Morgan fingerprint density at radius 3 is 0.925 bits per heavy atom. The number of halogens is 13. The number of carbonyl (C=O) groups is 5. The zero-order valence-corrected chi connectivity index (χ0v) is 106. The smallest absolute Gasteiger partial charge is 0.343 e. The Labute approximate surface area is 968 Å². The summed E-state index contributed by atoms with van der Waals surface area (Å²) in [5.41, 5.74) is 19.0. The molecule has 0 amide bonds. The predicted octanol–water partition coefficient (Wildman–Crippen LogP) is 31.2. The van der Waals surface area contributed by atoms with Crippen LogP contribution in [0, 0.1) is 36.1 Å². The number of methoxy groups -OCH3 is 6. The van der Waals surface area contributed by atoms with Crippen LogP contribution in [0.25, 0.3) is 0 Å². The summed E-state index contributed by atoms with van der Waals surface area (Å²) >= 11 is 60.9. The van der Waals surface area contributed by atoms with Crippen molar-refractivity contribution in [1.82, 2.24) is 4.90 Å². The monoisotopic (exact) mass is 2660 g/mol. The zero-order chi connectivity index (χ0) is 110. The molecule has 6 aliphatic rings. The number of rotatable bonds is 39. The fourth-order valence-electron chi connectivity index (χ4n) is 17.8. The lowest BCUT2D eigenvalue weighted by atomic mass is 9.83. The van der Waals surface area contributed by atoms with Gasteiger partial charge in [0, 0.05) is 241 Å². The van der Waals surface area contributed by atoms with Crippen LogP contribution in [0.4, 0.5) is 0 Å². The molecule has 0 aliphatic heterocycles. The summed E-state index contributed by atoms with van der Waals surface area (Å²) in [6.45, 7) is 36.1. The summed E-state index contributed by atoms with van der Waals surface area (Å²) in [6.07, 6.45) is 19.4. The van der Waals surface area contributed by atoms with Crippen LogP contribution < -0.4 is 39.9 Å². The van der Waals surface area contributed by atoms with Gasteiger partial charge >= 0.3 is 5.97 Å². The highest BCUT2D eigenvalue weighted by Gasteiger charge is 2.47. The summed E-state index contributed by atoms with van der Waals surface area (Å²) in [5, 5.41) is 16.6. The average Bonchev–Trinajstić information content (AvgIpc) is 1.57. The van der Waals surface area contributed by atoms with Gasteiger partial charge in [-0.1, -0.05) is 237 Å². The number of ether oxygens (including phenoxy) is 13. The molecule has 6 fully saturated rings. The lowest BCUT2D eigenvalue weighted by molar-refractivity contribution is -0.140. The molecule has 6 aromatic carbocycles. The number of Topliss-reactive ketones (excluding diaryl/α,β-unsaturated/α-hetero) is 4. The summed E-state index contributed by atoms with van der Waals surface area (Å²) < 4.78 is 75.9. The van der Waals surface area contributed by atoms with Crippen LogP contribution >= 0.6 is 188 Å². The normalized spacial score (nSPS) is 20.1. The first-order valence-electron chi connectivity index (χ1n) is 49.8. The molecule has 0 heterocycles. The van der Waals surface area contributed by atoms with Crippen LogP contribution in [0.15, 0.2) is 117 Å². The van der Waals surface area contributed by atoms with Gasteiger partial charge in [-0.25, -0.2) is 4.79 Å². The molecular formula is C111H155Br6Cl6IN4O19. The first-order valence-corrected chi connectivity index (χ1v) is 57.9. The number of benzene rings is 6. The van der Waals surface area contributed by atoms with Crippen molar-refractivity contribution in [1.29, 1.82) is 0 Å². The van der Waals surface area contributed by atoms with Crippen LogP contribution in [0.2, 0.25) is 30.1 Å². The van der Waals surface area contributed by atoms with E-state index >= 15 is 0 Å². The molecule has 6 aromatic rings. The van der Waals surface area contributed by atoms with E-state index in [1.54, 1.807) is 68.6 Å². The van der Waals surface area contributed by atoms with E-state index < -0.39 is 5.97 Å². The highest BCUT2D eigenvalue weighted by atomic mass is 127. The number of hydrogen-bond acceptors (Lipinski definition) is 23. The fourth-order valence-corrected chi connectivity index (χ4v) is 23.9. The molecule has 0 saturated heterocycles. The third-order valence-corrected chi connectivity index (χ3v) is 34.5. The lowest BCUT2D eigenvalue weighted by Crippen LogP contribution is -2.36. The highest BCUT2D eigenvalue weighted by Crippen LogP contribution is 2.54. The molecule has 7 unspecified atom stereocenters. The molecule has 6 saturated carbocycles. The van der Waals surface area contributed by atoms with Crippen molar-refractivity contribution in [2.75, 3.05) is 143 Å². The van der Waals surface area contributed by atoms with Crippen LogP contribution in [0.3, 0.4) is 0 Å². The topological polar surface area (TPSA) is 293 Å². The van der Waals surface area contributed by atoms with Crippen LogP contribution in [0.5, 0.6) is 34.5 Å². The molecule has 0 radical (unpaired) electrons. The van der Waals surface area contributed by atoms with Gasteiger partial charge in [0.05, 0.1) is 82.1 Å². The Kier molecular flexibility index (Phi) is 59.6. The molecule has 12 rings (SSSR count). The van der Waals surface area contributed by atoms with E-state index in [2.05, 4.69) is 165 Å². The minimum absolute atomic E-state index is 0.0139. The zero-order valence-electron chi connectivity index (χ0n) is 89.4. The van der Waals surface area contributed by atoms with Gasteiger partial charge in [-0.2, -0.15) is 0 Å². The summed E-state index contributed by atoms with van der Waals surface area (Å²) in [5.74, 6) is 4.86. The van der Waals surface area contributed by atoms with Crippen molar-refractivity contribution in [3.8, 4) is 34.5 Å². The van der Waals surface area contributed by atoms with Gasteiger partial charge < -0.3 is 83.2 Å². The number of hydrogen-bond donors (Lipinski definition) is 3. The molecule has 824 valence electrons. The minimum atomic E-state index is -0.566. The van der Waals surface area contributed by atoms with E-state index in [-0.39, 0.29) is 80.3 Å². The largest absolute Gasteiger partial charge is 0.492 e. The third kappa shape index (κ3) is 42.0. The van der Waals surface area contributed by atoms with Crippen molar-refractivity contribution >= 4 is 223 Å². The molecule has 36 heteroatoms. The first-order chi connectivity index (χ1) is 69.1. The number of ketones is 4. The molecule has 6 aliphatic carbocycles. The van der Waals surface area contributed by atoms with Crippen LogP contribution in [-0.4, -0.2) is 200 Å². The van der Waals surface area contributed by atoms with E-state index in [1.165, 1.54) is 24.3 Å². The SMILES string of the molecule is CC1(C)CCCC1=O.CCOC(=O)/C(=C\N(C)C)C(C)=O.COCCCOc1cc(C2CCC(C)(C)/C2=N/O)c(Br)cc1Cl.COCCCOc1cc(C2CCC(C)(C)C2=O)c(Br)cc1Cl.COCCCOc1cc(C2CCC(C)(C)C2=O)c(Br)cc1Cl.COCCCOc1cc(C2CCC(C)(C)C2N)c(Br)cc1Cl.COCCCOc1cc(C2CCC(C)(C)C2N)c(Br)cc1Cl.COCCCOc1cc(I)c(Br)cc1Cl. The van der Waals surface area contributed by atoms with Crippen molar-refractivity contribution in [3.63, 3.8) is 0 Å². The van der Waals surface area contributed by atoms with Gasteiger partial charge in [-0.15, -0.1) is 0 Å². The summed E-state index contributed by atoms with van der Waals surface area (Å²) in [7, 11) is 13.5. The Bertz CT molecular complexity index is 5090. The summed E-state index contributed by atoms with van der Waals surface area (Å²) in [4.78, 5) is 59.8. The molecule has 0 spiro atoms. The van der Waals surface area contributed by atoms with Crippen molar-refractivity contribution in [2.45, 2.75) is 261 Å². The molecule has 7 atom stereocenters. The van der Waals surface area contributed by atoms with E-state index in [1.807, 2.05) is 114 Å². The van der Waals surface area contributed by atoms with E-state index in [9.17, 15) is 29.2 Å². The van der Waals surface area contributed by atoms with Gasteiger partial charge in [0.2, 0.25) is 0 Å². The third-order valence-electron chi connectivity index (χ3n) is 27.0. The van der Waals surface area contributed by atoms with E-state index in [4.69, 9.17) is 143 Å². The second-order valence-electron chi connectivity index (χ2n) is 41.3. The molecule has 0 aromatic heterocycles. The Morgan fingerprint density at radius 2 is 0.687 bits per heavy atom. The first kappa shape index (κ1) is 134. The maximum absolute atomic E-state index is 12.6. The van der Waals surface area contributed by atoms with E-state index in [0.717, 1.165) is 192 Å². The van der Waals surface area contributed by atoms with Crippen molar-refractivity contribution in [3.05, 3.63) is 173 Å². The predicted molar refractivity (Wildman–Crippen MR) is 625 cm³/mol. The van der Waals surface area contributed by atoms with Gasteiger partial charge in [0.15, 0.2) is 5.78 Å². The Hall–Kier alpha value is -3.69. The number of nitrogens with zero attached hydrogens (tertiary/aromatic N) is 2. The molecular weight excluding hydrogens is 2510 g/mol. The second kappa shape index (κ2) is 65.5. The number of oxime groups is 1. The molecule has 147 heavy (non-hydrogen) atoms. The lowest BCUT2D eigenvalue weighted by Gasteiger charge is -2.28. The average molecular weight is 2670 g/mol. The standard InChI is InChI=1S/C17H23BrClNO3.2C17H25BrClNO2.2C17H22BrClO3.C10H11BrClIO2.C9H15NO3.C7H12O/c1-17(2)6-5-11(16(17)20-21)12-9-15(14(19)10-13(12)18)23-8-4-7-22-3;4*1-17(2)6-5-11(16(17)20)12-9-15(14(19)10-13(12)18)22-8-4-7-21-3;1-14-3-2-4-15-10-6-9(13)7(11)5-8(10)12;1-5-13-9(12)8(7(2)11)6-10(3)4;1-7(2)5-3-4-6(7)8/h9-11,21H,4-8H2,1-3H3;2*9-11,16H,4-8,20H2,1-3H3;2*9-11H,4-8H2,1-3H3;5-6H,2-4H2,1H3;6H,5H2,1-4H3;3-5H2,1-2H3/b20-16+;;;;;;8-6-;. The van der Waals surface area contributed by atoms with Crippen molar-refractivity contribution < 1.29 is 90.8 Å². The van der Waals surface area contributed by atoms with E-state index in [0.29, 0.717) is 156 Å². The quantitative estimate of drug-likeness (QED) is 0.00372. The minimum Gasteiger partial charge on any atom is -0.492 e. The molecule has 0 bridgehead atoms. The molecule has 23 nitrogen and oxygen atoms in total. The second-order valence-corrected chi connectivity index (χ2v) is 50.0. The Morgan fingerprint density at radius 1 is 0.408 bits per heavy atom. The maximum Gasteiger partial charge on any atom is 0.343 e. The fraction of sp³-hybridized carbons (Fsp3) is 0.604. The van der Waals surface area contributed by atoms with Gasteiger partial charge in [0.1, 0.15) is 57.4 Å². The number of carbonyl (C=O) groups excluding carboxylic acids is 5. The van der Waals surface area contributed by atoms with Gasteiger partial charge in [-0.05, 0) is 241 Å². The van der Waals surface area contributed by atoms with Gasteiger partial charge in [-0.3, -0.25) is 19.2 Å². The van der Waals surface area contributed by atoms with Crippen LogP contribution in [-0.2, 0) is 57.1 Å². The molecule has 5 N–H and O–H groups in total. The summed E-state index contributed by atoms with van der Waals surface area (Å²) in [6, 6.07) is 23.2. The highest BCUT2D eigenvalue weighted by molar-refractivity contribution is 14.1. The number of esters is 1. The van der Waals surface area contributed by atoms with Crippen LogP contribution in [0.1, 0.15) is 276 Å².